The topological polar surface area (TPSA) is 40.5 Å². The van der Waals surface area contributed by atoms with Gasteiger partial charge >= 0.3 is 0 Å². The molecule has 0 bridgehead atoms. The highest BCUT2D eigenvalue weighted by Gasteiger charge is 2.23. The molecule has 1 unspecified atom stereocenters. The molecule has 0 aromatic heterocycles. The molecular formula is C17H19NO2. The molecule has 0 spiro atoms. The lowest BCUT2D eigenvalue weighted by Crippen LogP contribution is -2.35. The van der Waals surface area contributed by atoms with Gasteiger partial charge in [-0.2, -0.15) is 0 Å². The van der Waals surface area contributed by atoms with Crippen molar-refractivity contribution >= 4 is 11.6 Å². The average molecular weight is 269 g/mol. The number of nitrogens with zero attached hydrogens (tertiary/aromatic N) is 1. The van der Waals surface area contributed by atoms with E-state index in [0.29, 0.717) is 12.1 Å². The fraction of sp³-hybridized carbons (Fsp3) is 0.235. The number of likely N-dealkylation sites (N-methyl/N-ethyl adjacent to an activating group) is 1. The number of aliphatic hydroxyl groups excluding tert-OH is 1. The van der Waals surface area contributed by atoms with E-state index < -0.39 is 6.10 Å². The van der Waals surface area contributed by atoms with E-state index in [-0.39, 0.29) is 5.91 Å². The lowest BCUT2D eigenvalue weighted by atomic mass is 10.1. The lowest BCUT2D eigenvalue weighted by Gasteiger charge is -2.24. The zero-order chi connectivity index (χ0) is 14.5. The molecule has 3 nitrogen and oxygen atoms in total. The minimum atomic E-state index is -1.13. The number of aryl methyl sites for hydroxylation is 1. The molecule has 0 aliphatic heterocycles. The van der Waals surface area contributed by atoms with Crippen LogP contribution >= 0.6 is 0 Å². The number of carbonyl (C=O) groups excluding carboxylic acids is 1. The molecule has 2 aromatic rings. The average Bonchev–Trinajstić information content (AvgIpc) is 2.49. The van der Waals surface area contributed by atoms with Crippen LogP contribution in [0, 0.1) is 6.92 Å². The van der Waals surface area contributed by atoms with E-state index in [2.05, 4.69) is 0 Å². The first-order valence-corrected chi connectivity index (χ1v) is 6.74. The third-order valence-corrected chi connectivity index (χ3v) is 3.28. The van der Waals surface area contributed by atoms with Gasteiger partial charge in [0.15, 0.2) is 6.10 Å². The maximum Gasteiger partial charge on any atom is 0.260 e. The van der Waals surface area contributed by atoms with Crippen LogP contribution in [0.2, 0.25) is 0 Å². The Hall–Kier alpha value is -2.13. The summed E-state index contributed by atoms with van der Waals surface area (Å²) in [5.41, 5.74) is 2.52. The van der Waals surface area contributed by atoms with E-state index in [1.54, 1.807) is 17.0 Å². The van der Waals surface area contributed by atoms with E-state index in [9.17, 15) is 9.90 Å². The van der Waals surface area contributed by atoms with Crippen LogP contribution in [0.1, 0.15) is 24.2 Å². The summed E-state index contributed by atoms with van der Waals surface area (Å²) in [5, 5.41) is 10.3. The van der Waals surface area contributed by atoms with Gasteiger partial charge in [0.05, 0.1) is 0 Å². The normalized spacial score (nSPS) is 11.9. The molecule has 1 N–H and O–H groups in total. The second-order valence-corrected chi connectivity index (χ2v) is 4.73. The summed E-state index contributed by atoms with van der Waals surface area (Å²) in [6.45, 7) is 4.39. The van der Waals surface area contributed by atoms with Gasteiger partial charge in [0.2, 0.25) is 0 Å². The van der Waals surface area contributed by atoms with Crippen LogP contribution in [0.15, 0.2) is 54.6 Å². The molecule has 0 saturated heterocycles. The van der Waals surface area contributed by atoms with E-state index >= 15 is 0 Å². The smallest absolute Gasteiger partial charge is 0.260 e. The predicted molar refractivity (Wildman–Crippen MR) is 80.6 cm³/mol. The van der Waals surface area contributed by atoms with Crippen LogP contribution in [0.4, 0.5) is 5.69 Å². The molecule has 20 heavy (non-hydrogen) atoms. The van der Waals surface area contributed by atoms with E-state index in [0.717, 1.165) is 11.3 Å². The number of para-hydroxylation sites is 1. The summed E-state index contributed by atoms with van der Waals surface area (Å²) in [6.07, 6.45) is -1.13. The summed E-state index contributed by atoms with van der Waals surface area (Å²) in [5.74, 6) is -0.303. The monoisotopic (exact) mass is 269 g/mol. The molecule has 0 radical (unpaired) electrons. The van der Waals surface area contributed by atoms with Gasteiger partial charge in [0.25, 0.3) is 5.91 Å². The Bertz CT molecular complexity index is 563. The number of anilines is 1. The molecule has 3 heteroatoms. The van der Waals surface area contributed by atoms with Crippen LogP contribution in [0.5, 0.6) is 0 Å². The van der Waals surface area contributed by atoms with Crippen molar-refractivity contribution in [2.45, 2.75) is 20.0 Å². The minimum Gasteiger partial charge on any atom is -0.378 e. The number of aliphatic hydroxyl groups is 1. The summed E-state index contributed by atoms with van der Waals surface area (Å²) < 4.78 is 0. The van der Waals surface area contributed by atoms with Crippen molar-refractivity contribution in [3.05, 3.63) is 65.7 Å². The Labute approximate surface area is 119 Å². The molecule has 104 valence electrons. The van der Waals surface area contributed by atoms with Gasteiger partial charge in [-0.25, -0.2) is 0 Å². The number of benzene rings is 2. The van der Waals surface area contributed by atoms with Gasteiger partial charge in [-0.1, -0.05) is 48.0 Å². The first-order valence-electron chi connectivity index (χ1n) is 6.74. The van der Waals surface area contributed by atoms with Crippen molar-refractivity contribution in [2.75, 3.05) is 11.4 Å². The third kappa shape index (κ3) is 3.06. The van der Waals surface area contributed by atoms with Crippen molar-refractivity contribution < 1.29 is 9.90 Å². The molecule has 0 saturated carbocycles. The van der Waals surface area contributed by atoms with E-state index in [4.69, 9.17) is 0 Å². The zero-order valence-electron chi connectivity index (χ0n) is 11.8. The molecule has 1 atom stereocenters. The number of amides is 1. The molecule has 0 aliphatic carbocycles. The number of carbonyl (C=O) groups is 1. The first-order chi connectivity index (χ1) is 9.63. The van der Waals surface area contributed by atoms with Gasteiger partial charge in [0, 0.05) is 12.2 Å². The quantitative estimate of drug-likeness (QED) is 0.926. The fourth-order valence-electron chi connectivity index (χ4n) is 2.11. The summed E-state index contributed by atoms with van der Waals surface area (Å²) >= 11 is 0. The Morgan fingerprint density at radius 1 is 1.10 bits per heavy atom. The van der Waals surface area contributed by atoms with Gasteiger partial charge < -0.3 is 10.0 Å². The van der Waals surface area contributed by atoms with Crippen LogP contribution in [-0.4, -0.2) is 17.6 Å². The number of hydrogen-bond donors (Lipinski definition) is 1. The number of rotatable bonds is 4. The highest BCUT2D eigenvalue weighted by Crippen LogP contribution is 2.21. The van der Waals surface area contributed by atoms with Crippen LogP contribution < -0.4 is 4.90 Å². The molecular weight excluding hydrogens is 250 g/mol. The van der Waals surface area contributed by atoms with E-state index in [1.165, 1.54) is 0 Å². The molecule has 1 amide bonds. The predicted octanol–water partition coefficient (Wildman–Crippen LogP) is 3.08. The maximum absolute atomic E-state index is 12.4. The SMILES string of the molecule is CCN(C(=O)C(O)c1ccc(C)cc1)c1ccccc1. The van der Waals surface area contributed by atoms with Crippen molar-refractivity contribution in [3.63, 3.8) is 0 Å². The summed E-state index contributed by atoms with van der Waals surface area (Å²) in [6, 6.07) is 16.8. The van der Waals surface area contributed by atoms with E-state index in [1.807, 2.05) is 56.3 Å². The molecule has 2 aromatic carbocycles. The van der Waals surface area contributed by atoms with Gasteiger partial charge in [-0.05, 0) is 31.5 Å². The second-order valence-electron chi connectivity index (χ2n) is 4.73. The lowest BCUT2D eigenvalue weighted by molar-refractivity contribution is -0.126. The van der Waals surface area contributed by atoms with Crippen LogP contribution in [0.3, 0.4) is 0 Å². The van der Waals surface area contributed by atoms with Crippen molar-refractivity contribution in [2.24, 2.45) is 0 Å². The maximum atomic E-state index is 12.4. The Morgan fingerprint density at radius 3 is 2.25 bits per heavy atom. The Balaban J connectivity index is 2.22. The highest BCUT2D eigenvalue weighted by molar-refractivity contribution is 5.96. The van der Waals surface area contributed by atoms with Crippen LogP contribution in [-0.2, 0) is 4.79 Å². The van der Waals surface area contributed by atoms with Gasteiger partial charge in [-0.15, -0.1) is 0 Å². The Morgan fingerprint density at radius 2 is 1.70 bits per heavy atom. The molecule has 0 heterocycles. The zero-order valence-corrected chi connectivity index (χ0v) is 11.8. The first kappa shape index (κ1) is 14.3. The molecule has 2 rings (SSSR count). The summed E-state index contributed by atoms with van der Waals surface area (Å²) in [7, 11) is 0. The van der Waals surface area contributed by atoms with Crippen molar-refractivity contribution in [1.29, 1.82) is 0 Å². The van der Waals surface area contributed by atoms with Crippen molar-refractivity contribution in [3.8, 4) is 0 Å². The minimum absolute atomic E-state index is 0.303. The Kier molecular flexibility index (Phi) is 4.53. The highest BCUT2D eigenvalue weighted by atomic mass is 16.3. The molecule has 0 aliphatic rings. The largest absolute Gasteiger partial charge is 0.378 e. The standard InChI is InChI=1S/C17H19NO2/c1-3-18(15-7-5-4-6-8-15)17(20)16(19)14-11-9-13(2)10-12-14/h4-12,16,19H,3H2,1-2H3. The molecule has 0 fully saturated rings. The van der Waals surface area contributed by atoms with Crippen LogP contribution in [0.25, 0.3) is 0 Å². The van der Waals surface area contributed by atoms with Crippen molar-refractivity contribution in [1.82, 2.24) is 0 Å². The summed E-state index contributed by atoms with van der Waals surface area (Å²) in [4.78, 5) is 14.0. The number of hydrogen-bond acceptors (Lipinski definition) is 2. The third-order valence-electron chi connectivity index (χ3n) is 3.28. The van der Waals surface area contributed by atoms with Gasteiger partial charge in [-0.3, -0.25) is 4.79 Å². The fourth-order valence-corrected chi connectivity index (χ4v) is 2.11. The second kappa shape index (κ2) is 6.35. The van der Waals surface area contributed by atoms with Gasteiger partial charge in [0.1, 0.15) is 0 Å².